The Bertz CT molecular complexity index is 1010. The summed E-state index contributed by atoms with van der Waals surface area (Å²) < 4.78 is 21.0. The number of methoxy groups -OCH3 is 1. The van der Waals surface area contributed by atoms with Crippen molar-refractivity contribution in [1.82, 2.24) is 14.5 Å². The lowest BCUT2D eigenvalue weighted by atomic mass is 10.1. The summed E-state index contributed by atoms with van der Waals surface area (Å²) in [5, 5.41) is 5.03. The highest BCUT2D eigenvalue weighted by Crippen LogP contribution is 2.34. The maximum atomic E-state index is 13.7. The molecule has 0 saturated carbocycles. The van der Waals surface area contributed by atoms with Gasteiger partial charge >= 0.3 is 0 Å². The maximum absolute atomic E-state index is 13.7. The lowest BCUT2D eigenvalue weighted by Crippen LogP contribution is -2.49. The van der Waals surface area contributed by atoms with Gasteiger partial charge in [-0.15, -0.1) is 0 Å². The normalized spacial score (nSPS) is 15.0. The van der Waals surface area contributed by atoms with Gasteiger partial charge in [0.25, 0.3) is 0 Å². The highest BCUT2D eigenvalue weighted by Gasteiger charge is 2.31. The summed E-state index contributed by atoms with van der Waals surface area (Å²) in [4.78, 5) is 11.2. The van der Waals surface area contributed by atoms with Gasteiger partial charge in [-0.1, -0.05) is 11.8 Å². The van der Waals surface area contributed by atoms with E-state index in [1.807, 2.05) is 25.4 Å². The number of anilines is 1. The van der Waals surface area contributed by atoms with Gasteiger partial charge in [0.1, 0.15) is 5.82 Å². The fourth-order valence-electron chi connectivity index (χ4n) is 3.43. The average Bonchev–Trinajstić information content (AvgIpc) is 3.04. The molecule has 3 aromatic rings. The number of likely N-dealkylation sites (tertiary alicyclic amines) is 1. The Kier molecular flexibility index (Phi) is 5.13. The predicted molar refractivity (Wildman–Crippen MR) is 113 cm³/mol. The van der Waals surface area contributed by atoms with E-state index in [2.05, 4.69) is 26.0 Å². The van der Waals surface area contributed by atoms with E-state index in [9.17, 15) is 4.39 Å². The van der Waals surface area contributed by atoms with Crippen molar-refractivity contribution in [2.45, 2.75) is 6.04 Å². The van der Waals surface area contributed by atoms with Crippen molar-refractivity contribution in [2.75, 3.05) is 38.8 Å². The topological polar surface area (TPSA) is 54.7 Å². The molecule has 0 radical (unpaired) electrons. The Morgan fingerprint density at radius 3 is 2.79 bits per heavy atom. The van der Waals surface area contributed by atoms with Crippen LogP contribution in [0.2, 0.25) is 0 Å². The summed E-state index contributed by atoms with van der Waals surface area (Å²) in [7, 11) is 3.45. The summed E-state index contributed by atoms with van der Waals surface area (Å²) in [6, 6.07) is 8.97. The molecule has 1 saturated heterocycles. The molecular weight excluding hydrogens is 377 g/mol. The van der Waals surface area contributed by atoms with E-state index in [4.69, 9.17) is 9.73 Å². The first-order valence-electron chi connectivity index (χ1n) is 8.98. The number of amidine groups is 1. The van der Waals surface area contributed by atoms with Gasteiger partial charge in [-0.25, -0.2) is 14.4 Å². The molecule has 2 aromatic heterocycles. The van der Waals surface area contributed by atoms with Crippen molar-refractivity contribution < 1.29 is 9.13 Å². The standard InChI is InChI=1S/C20H22FN5OS/c1-22-17-12-26(18-6-4-13(21)8-16(17)18)15-10-25(11-15)20(28-3)24-14-5-7-19(27-2)23-9-14/h4-9,12,15,22H,10-11H2,1-3H3. The van der Waals surface area contributed by atoms with Gasteiger partial charge in [-0.3, -0.25) is 0 Å². The zero-order valence-electron chi connectivity index (χ0n) is 16.0. The van der Waals surface area contributed by atoms with E-state index in [1.54, 1.807) is 37.2 Å². The van der Waals surface area contributed by atoms with Gasteiger partial charge in [-0.2, -0.15) is 0 Å². The van der Waals surface area contributed by atoms with Gasteiger partial charge in [0.15, 0.2) is 5.17 Å². The van der Waals surface area contributed by atoms with E-state index in [0.717, 1.165) is 40.5 Å². The maximum Gasteiger partial charge on any atom is 0.213 e. The minimum Gasteiger partial charge on any atom is -0.481 e. The van der Waals surface area contributed by atoms with Crippen molar-refractivity contribution >= 4 is 39.2 Å². The van der Waals surface area contributed by atoms with Crippen LogP contribution in [0.25, 0.3) is 10.9 Å². The van der Waals surface area contributed by atoms with Crippen molar-refractivity contribution in [1.29, 1.82) is 0 Å². The van der Waals surface area contributed by atoms with Crippen molar-refractivity contribution in [3.63, 3.8) is 0 Å². The van der Waals surface area contributed by atoms with Crippen LogP contribution in [0.1, 0.15) is 6.04 Å². The molecule has 4 rings (SSSR count). The molecule has 3 heterocycles. The molecule has 1 aliphatic rings. The highest BCUT2D eigenvalue weighted by atomic mass is 32.2. The van der Waals surface area contributed by atoms with Crippen LogP contribution in [-0.2, 0) is 0 Å². The summed E-state index contributed by atoms with van der Waals surface area (Å²) in [5.74, 6) is 0.354. The van der Waals surface area contributed by atoms with Crippen LogP contribution >= 0.6 is 11.8 Å². The number of aliphatic imine (C=N–C) groups is 1. The quantitative estimate of drug-likeness (QED) is 0.528. The molecule has 1 N–H and O–H groups in total. The highest BCUT2D eigenvalue weighted by molar-refractivity contribution is 8.13. The van der Waals surface area contributed by atoms with E-state index in [-0.39, 0.29) is 5.82 Å². The molecule has 0 unspecified atom stereocenters. The van der Waals surface area contributed by atoms with Crippen LogP contribution in [-0.4, -0.2) is 53.1 Å². The summed E-state index contributed by atoms with van der Waals surface area (Å²) >= 11 is 1.62. The van der Waals surface area contributed by atoms with Gasteiger partial charge < -0.3 is 19.5 Å². The van der Waals surface area contributed by atoms with Crippen LogP contribution in [0.15, 0.2) is 47.7 Å². The third-order valence-corrected chi connectivity index (χ3v) is 5.64. The lowest BCUT2D eigenvalue weighted by Gasteiger charge is -2.41. The first-order valence-corrected chi connectivity index (χ1v) is 10.2. The zero-order valence-corrected chi connectivity index (χ0v) is 16.8. The summed E-state index contributed by atoms with van der Waals surface area (Å²) in [6.45, 7) is 1.71. The van der Waals surface area contributed by atoms with Gasteiger partial charge in [0, 0.05) is 37.8 Å². The molecule has 146 valence electrons. The number of aromatic nitrogens is 2. The average molecular weight is 399 g/mol. The molecule has 0 aliphatic carbocycles. The predicted octanol–water partition coefficient (Wildman–Crippen LogP) is 4.13. The third kappa shape index (κ3) is 3.40. The smallest absolute Gasteiger partial charge is 0.213 e. The fraction of sp³-hybridized carbons (Fsp3) is 0.300. The van der Waals surface area contributed by atoms with Crippen molar-refractivity contribution in [3.05, 3.63) is 48.5 Å². The van der Waals surface area contributed by atoms with Crippen LogP contribution in [0.3, 0.4) is 0 Å². The van der Waals surface area contributed by atoms with Crippen LogP contribution < -0.4 is 10.1 Å². The molecule has 0 atom stereocenters. The molecule has 1 aliphatic heterocycles. The Hall–Kier alpha value is -2.74. The number of rotatable bonds is 4. The van der Waals surface area contributed by atoms with Crippen LogP contribution in [0, 0.1) is 5.82 Å². The number of ether oxygens (including phenoxy) is 1. The van der Waals surface area contributed by atoms with Crippen LogP contribution in [0.4, 0.5) is 15.8 Å². The zero-order chi connectivity index (χ0) is 19.7. The van der Waals surface area contributed by atoms with Gasteiger partial charge in [0.2, 0.25) is 5.88 Å². The second-order valence-electron chi connectivity index (χ2n) is 6.58. The number of fused-ring (bicyclic) bond motifs is 1. The SMILES string of the molecule is CNc1cn(C2CN(C(=Nc3ccc(OC)nc3)SC)C2)c2ccc(F)cc12. The summed E-state index contributed by atoms with van der Waals surface area (Å²) in [6.07, 6.45) is 5.80. The molecule has 0 spiro atoms. The lowest BCUT2D eigenvalue weighted by molar-refractivity contribution is 0.201. The fourth-order valence-corrected chi connectivity index (χ4v) is 4.04. The molecule has 8 heteroatoms. The van der Waals surface area contributed by atoms with Crippen LogP contribution in [0.5, 0.6) is 5.88 Å². The van der Waals surface area contributed by atoms with Crippen molar-refractivity contribution in [2.24, 2.45) is 4.99 Å². The first kappa shape index (κ1) is 18.6. The molecular formula is C20H22FN5OS. The van der Waals surface area contributed by atoms with E-state index in [1.165, 1.54) is 6.07 Å². The number of thioether (sulfide) groups is 1. The molecule has 1 fully saturated rings. The van der Waals surface area contributed by atoms with Crippen molar-refractivity contribution in [3.8, 4) is 5.88 Å². The Labute approximate surface area is 167 Å². The minimum absolute atomic E-state index is 0.220. The number of halogens is 1. The van der Waals surface area contributed by atoms with E-state index < -0.39 is 0 Å². The second kappa shape index (κ2) is 7.71. The monoisotopic (exact) mass is 399 g/mol. The largest absolute Gasteiger partial charge is 0.481 e. The Morgan fingerprint density at radius 1 is 1.32 bits per heavy atom. The van der Waals surface area contributed by atoms with E-state index >= 15 is 0 Å². The second-order valence-corrected chi connectivity index (χ2v) is 7.35. The molecule has 6 nitrogen and oxygen atoms in total. The number of hydrogen-bond acceptors (Lipinski definition) is 5. The number of pyridine rings is 1. The molecule has 28 heavy (non-hydrogen) atoms. The minimum atomic E-state index is -0.220. The molecule has 0 amide bonds. The first-order chi connectivity index (χ1) is 13.6. The number of nitrogens with zero attached hydrogens (tertiary/aromatic N) is 4. The van der Waals surface area contributed by atoms with E-state index in [0.29, 0.717) is 11.9 Å². The van der Waals surface area contributed by atoms with Gasteiger partial charge in [0.05, 0.1) is 36.2 Å². The molecule has 1 aromatic carbocycles. The Balaban J connectivity index is 1.53. The summed E-state index contributed by atoms with van der Waals surface area (Å²) in [5.41, 5.74) is 2.78. The number of nitrogens with one attached hydrogen (secondary N) is 1. The third-order valence-electron chi connectivity index (χ3n) is 4.93. The molecule has 0 bridgehead atoms. The van der Waals surface area contributed by atoms with Gasteiger partial charge in [-0.05, 0) is 30.5 Å². The Morgan fingerprint density at radius 2 is 2.14 bits per heavy atom. The number of benzene rings is 1. The number of hydrogen-bond donors (Lipinski definition) is 1.